The predicted octanol–water partition coefficient (Wildman–Crippen LogP) is 2.30. The lowest BCUT2D eigenvalue weighted by Gasteiger charge is -2.38. The molecule has 1 amide bonds. The summed E-state index contributed by atoms with van der Waals surface area (Å²) >= 11 is 0. The molecule has 2 N–H and O–H groups in total. The zero-order valence-electron chi connectivity index (χ0n) is 11.7. The summed E-state index contributed by atoms with van der Waals surface area (Å²) in [4.78, 5) is 14.0. The first-order chi connectivity index (χ1) is 8.98. The average Bonchev–Trinajstić information content (AvgIpc) is 2.36. The van der Waals surface area contributed by atoms with Crippen LogP contribution in [0.15, 0.2) is 24.3 Å². The summed E-state index contributed by atoms with van der Waals surface area (Å²) < 4.78 is 5.50. The first kappa shape index (κ1) is 13.7. The van der Waals surface area contributed by atoms with E-state index in [-0.39, 0.29) is 17.9 Å². The highest BCUT2D eigenvalue weighted by Gasteiger charge is 2.29. The van der Waals surface area contributed by atoms with Gasteiger partial charge in [0.15, 0.2) is 6.61 Å². The van der Waals surface area contributed by atoms with Gasteiger partial charge in [-0.15, -0.1) is 0 Å². The number of hydrogen-bond acceptors (Lipinski definition) is 3. The number of carbonyl (C=O) groups excluding carboxylic acids is 1. The Morgan fingerprint density at radius 3 is 2.84 bits per heavy atom. The molecular weight excluding hydrogens is 240 g/mol. The maximum Gasteiger partial charge on any atom is 0.260 e. The molecule has 1 aliphatic rings. The van der Waals surface area contributed by atoms with Crippen molar-refractivity contribution < 1.29 is 9.53 Å². The molecule has 104 valence electrons. The first-order valence-corrected chi connectivity index (χ1v) is 6.73. The summed E-state index contributed by atoms with van der Waals surface area (Å²) in [6, 6.07) is 7.24. The summed E-state index contributed by atoms with van der Waals surface area (Å²) in [5.74, 6) is 0.614. The Kier molecular flexibility index (Phi) is 3.98. The molecule has 0 bridgehead atoms. The zero-order valence-corrected chi connectivity index (χ0v) is 11.7. The number of likely N-dealkylation sites (tertiary alicyclic amines) is 1. The third-order valence-corrected chi connectivity index (χ3v) is 3.52. The number of nitrogens with two attached hydrogens (primary N) is 1. The van der Waals surface area contributed by atoms with Crippen molar-refractivity contribution in [2.24, 2.45) is 5.41 Å². The molecule has 2 rings (SSSR count). The minimum Gasteiger partial charge on any atom is -0.482 e. The van der Waals surface area contributed by atoms with E-state index >= 15 is 0 Å². The number of carbonyl (C=O) groups is 1. The van der Waals surface area contributed by atoms with Crippen LogP contribution in [0.3, 0.4) is 0 Å². The fourth-order valence-corrected chi connectivity index (χ4v) is 2.48. The summed E-state index contributed by atoms with van der Waals surface area (Å²) in [7, 11) is 0. The van der Waals surface area contributed by atoms with Crippen molar-refractivity contribution in [1.82, 2.24) is 4.90 Å². The molecule has 1 fully saturated rings. The lowest BCUT2D eigenvalue weighted by Crippen LogP contribution is -2.45. The van der Waals surface area contributed by atoms with Gasteiger partial charge >= 0.3 is 0 Å². The lowest BCUT2D eigenvalue weighted by atomic mass is 9.84. The Bertz CT molecular complexity index is 457. The second-order valence-corrected chi connectivity index (χ2v) is 5.91. The van der Waals surface area contributed by atoms with Crippen LogP contribution in [0.2, 0.25) is 0 Å². The largest absolute Gasteiger partial charge is 0.482 e. The number of rotatable bonds is 3. The molecule has 0 aliphatic carbocycles. The Morgan fingerprint density at radius 2 is 2.16 bits per heavy atom. The number of hydrogen-bond donors (Lipinski definition) is 1. The predicted molar refractivity (Wildman–Crippen MR) is 75.9 cm³/mol. The topological polar surface area (TPSA) is 55.6 Å². The molecule has 0 unspecified atom stereocenters. The number of para-hydroxylation sites is 2. The monoisotopic (exact) mass is 262 g/mol. The van der Waals surface area contributed by atoms with Crippen molar-refractivity contribution in [2.45, 2.75) is 26.7 Å². The van der Waals surface area contributed by atoms with Gasteiger partial charge in [0.2, 0.25) is 0 Å². The lowest BCUT2D eigenvalue weighted by molar-refractivity contribution is -0.136. The minimum atomic E-state index is 0.0380. The number of ether oxygens (including phenoxy) is 1. The molecule has 0 aromatic heterocycles. The van der Waals surface area contributed by atoms with Crippen molar-refractivity contribution in [3.05, 3.63) is 24.3 Å². The highest BCUT2D eigenvalue weighted by molar-refractivity contribution is 5.78. The van der Waals surface area contributed by atoms with Crippen LogP contribution in [-0.2, 0) is 4.79 Å². The molecule has 4 heteroatoms. The van der Waals surface area contributed by atoms with E-state index in [2.05, 4.69) is 13.8 Å². The van der Waals surface area contributed by atoms with E-state index < -0.39 is 0 Å². The molecule has 0 saturated carbocycles. The molecule has 1 saturated heterocycles. The maximum absolute atomic E-state index is 12.1. The molecule has 0 spiro atoms. The first-order valence-electron chi connectivity index (χ1n) is 6.73. The van der Waals surface area contributed by atoms with Crippen LogP contribution >= 0.6 is 0 Å². The smallest absolute Gasteiger partial charge is 0.260 e. The van der Waals surface area contributed by atoms with Crippen LogP contribution in [0, 0.1) is 5.41 Å². The summed E-state index contributed by atoms with van der Waals surface area (Å²) in [5, 5.41) is 0. The third kappa shape index (κ3) is 3.63. The summed E-state index contributed by atoms with van der Waals surface area (Å²) in [5.41, 5.74) is 6.55. The van der Waals surface area contributed by atoms with Gasteiger partial charge in [0.1, 0.15) is 5.75 Å². The summed E-state index contributed by atoms with van der Waals surface area (Å²) in [6.45, 7) is 6.09. The Labute approximate surface area is 114 Å². The fraction of sp³-hybridized carbons (Fsp3) is 0.533. The molecule has 1 heterocycles. The van der Waals surface area contributed by atoms with E-state index in [0.29, 0.717) is 11.4 Å². The molecule has 0 radical (unpaired) electrons. The van der Waals surface area contributed by atoms with Crippen molar-refractivity contribution in [3.63, 3.8) is 0 Å². The van der Waals surface area contributed by atoms with Crippen LogP contribution in [-0.4, -0.2) is 30.5 Å². The standard InChI is InChI=1S/C15H22N2O2/c1-15(2)8-5-9-17(11-15)14(18)10-19-13-7-4-3-6-12(13)16/h3-4,6-7H,5,8-11,16H2,1-2H3. The van der Waals surface area contributed by atoms with Gasteiger partial charge in [-0.1, -0.05) is 26.0 Å². The molecule has 19 heavy (non-hydrogen) atoms. The Hall–Kier alpha value is -1.71. The van der Waals surface area contributed by atoms with Crippen molar-refractivity contribution in [1.29, 1.82) is 0 Å². The van der Waals surface area contributed by atoms with E-state index in [1.54, 1.807) is 12.1 Å². The molecule has 1 aliphatic heterocycles. The van der Waals surface area contributed by atoms with Gasteiger partial charge in [-0.2, -0.15) is 0 Å². The molecule has 4 nitrogen and oxygen atoms in total. The van der Waals surface area contributed by atoms with Gasteiger partial charge in [-0.25, -0.2) is 0 Å². The number of piperidine rings is 1. The number of benzene rings is 1. The van der Waals surface area contributed by atoms with E-state index in [0.717, 1.165) is 19.5 Å². The van der Waals surface area contributed by atoms with E-state index in [1.165, 1.54) is 6.42 Å². The zero-order chi connectivity index (χ0) is 13.9. The normalized spacial score (nSPS) is 18.1. The van der Waals surface area contributed by atoms with Gasteiger partial charge in [0, 0.05) is 13.1 Å². The van der Waals surface area contributed by atoms with Gasteiger partial charge in [0.25, 0.3) is 5.91 Å². The Morgan fingerprint density at radius 1 is 1.42 bits per heavy atom. The SMILES string of the molecule is CC1(C)CCCN(C(=O)COc2ccccc2N)C1. The number of nitrogens with zero attached hydrogens (tertiary/aromatic N) is 1. The molecular formula is C15H22N2O2. The third-order valence-electron chi connectivity index (χ3n) is 3.52. The fourth-order valence-electron chi connectivity index (χ4n) is 2.48. The number of amides is 1. The van der Waals surface area contributed by atoms with Gasteiger partial charge in [0.05, 0.1) is 5.69 Å². The van der Waals surface area contributed by atoms with Gasteiger partial charge < -0.3 is 15.4 Å². The van der Waals surface area contributed by atoms with E-state index in [1.807, 2.05) is 17.0 Å². The van der Waals surface area contributed by atoms with E-state index in [9.17, 15) is 4.79 Å². The quantitative estimate of drug-likeness (QED) is 0.850. The van der Waals surface area contributed by atoms with Crippen molar-refractivity contribution in [2.75, 3.05) is 25.4 Å². The van der Waals surface area contributed by atoms with Crippen LogP contribution < -0.4 is 10.5 Å². The van der Waals surface area contributed by atoms with E-state index in [4.69, 9.17) is 10.5 Å². The highest BCUT2D eigenvalue weighted by atomic mass is 16.5. The van der Waals surface area contributed by atoms with Crippen LogP contribution in [0.5, 0.6) is 5.75 Å². The number of anilines is 1. The van der Waals surface area contributed by atoms with Crippen LogP contribution in [0.1, 0.15) is 26.7 Å². The molecule has 1 aromatic rings. The Balaban J connectivity index is 1.90. The van der Waals surface area contributed by atoms with Crippen LogP contribution in [0.25, 0.3) is 0 Å². The van der Waals surface area contributed by atoms with Gasteiger partial charge in [-0.05, 0) is 30.4 Å². The molecule has 1 aromatic carbocycles. The van der Waals surface area contributed by atoms with Crippen LogP contribution in [0.4, 0.5) is 5.69 Å². The summed E-state index contributed by atoms with van der Waals surface area (Å²) in [6.07, 6.45) is 2.23. The molecule has 0 atom stereocenters. The van der Waals surface area contributed by atoms with Crippen molar-refractivity contribution >= 4 is 11.6 Å². The minimum absolute atomic E-state index is 0.0380. The maximum atomic E-state index is 12.1. The second kappa shape index (κ2) is 5.51. The van der Waals surface area contributed by atoms with Gasteiger partial charge in [-0.3, -0.25) is 4.79 Å². The van der Waals surface area contributed by atoms with Crippen molar-refractivity contribution in [3.8, 4) is 5.75 Å². The second-order valence-electron chi connectivity index (χ2n) is 5.91. The number of nitrogen functional groups attached to an aromatic ring is 1. The average molecular weight is 262 g/mol. The highest BCUT2D eigenvalue weighted by Crippen LogP contribution is 2.28.